The van der Waals surface area contributed by atoms with Crippen LogP contribution < -0.4 is 10.1 Å². The van der Waals surface area contributed by atoms with Gasteiger partial charge in [0.2, 0.25) is 0 Å². The number of nitrogens with one attached hydrogen (secondary N) is 1. The Morgan fingerprint density at radius 2 is 1.67 bits per heavy atom. The van der Waals surface area contributed by atoms with E-state index in [0.717, 1.165) is 31.0 Å². The minimum atomic E-state index is 0.751. The highest BCUT2D eigenvalue weighted by Gasteiger charge is 2.05. The van der Waals surface area contributed by atoms with Crippen LogP contribution in [0.2, 0.25) is 0 Å². The molecule has 21 heavy (non-hydrogen) atoms. The molecule has 0 heterocycles. The smallest absolute Gasteiger partial charge is 0.142 e. The molecular weight excluding hydrogens is 258 g/mol. The van der Waals surface area contributed by atoms with Gasteiger partial charge < -0.3 is 10.1 Å². The Morgan fingerprint density at radius 1 is 0.952 bits per heavy atom. The van der Waals surface area contributed by atoms with Gasteiger partial charge in [-0.3, -0.25) is 0 Å². The molecule has 0 bridgehead atoms. The molecule has 0 atom stereocenters. The molecule has 0 fully saturated rings. The van der Waals surface area contributed by atoms with Crippen LogP contribution in [-0.2, 0) is 6.54 Å². The molecule has 2 rings (SSSR count). The topological polar surface area (TPSA) is 21.3 Å². The van der Waals surface area contributed by atoms with Crippen molar-refractivity contribution in [2.75, 3.05) is 11.9 Å². The van der Waals surface area contributed by atoms with Crippen molar-refractivity contribution in [3.63, 3.8) is 0 Å². The van der Waals surface area contributed by atoms with Crippen molar-refractivity contribution in [3.8, 4) is 5.75 Å². The largest absolute Gasteiger partial charge is 0.491 e. The second-order valence-corrected chi connectivity index (χ2v) is 5.56. The lowest BCUT2D eigenvalue weighted by atomic mass is 10.0. The highest BCUT2D eigenvalue weighted by molar-refractivity contribution is 5.56. The normalized spacial score (nSPS) is 10.5. The summed E-state index contributed by atoms with van der Waals surface area (Å²) in [6.45, 7) is 10.2. The summed E-state index contributed by atoms with van der Waals surface area (Å²) in [5, 5.41) is 3.50. The fourth-order valence-corrected chi connectivity index (χ4v) is 2.35. The van der Waals surface area contributed by atoms with E-state index in [1.165, 1.54) is 22.3 Å². The van der Waals surface area contributed by atoms with Crippen molar-refractivity contribution in [2.24, 2.45) is 0 Å². The van der Waals surface area contributed by atoms with E-state index in [1.54, 1.807) is 0 Å². The lowest BCUT2D eigenvalue weighted by Crippen LogP contribution is -2.05. The maximum Gasteiger partial charge on any atom is 0.142 e. The van der Waals surface area contributed by atoms with E-state index in [1.807, 2.05) is 18.2 Å². The second-order valence-electron chi connectivity index (χ2n) is 5.56. The number of rotatable bonds is 6. The predicted molar refractivity (Wildman–Crippen MR) is 90.2 cm³/mol. The van der Waals surface area contributed by atoms with Gasteiger partial charge in [-0.1, -0.05) is 31.2 Å². The Hall–Kier alpha value is -1.96. The molecule has 0 saturated carbocycles. The molecule has 2 aromatic carbocycles. The van der Waals surface area contributed by atoms with Gasteiger partial charge in [0.1, 0.15) is 5.75 Å². The minimum Gasteiger partial charge on any atom is -0.491 e. The van der Waals surface area contributed by atoms with Crippen LogP contribution in [0.3, 0.4) is 0 Å². The number of anilines is 1. The van der Waals surface area contributed by atoms with E-state index in [-0.39, 0.29) is 0 Å². The summed E-state index contributed by atoms with van der Waals surface area (Å²) >= 11 is 0. The van der Waals surface area contributed by atoms with Crippen molar-refractivity contribution in [1.29, 1.82) is 0 Å². The first-order chi connectivity index (χ1) is 10.1. The molecule has 2 aromatic rings. The fraction of sp³-hybridized carbons (Fsp3) is 0.368. The Balaban J connectivity index is 2.11. The standard InChI is InChI=1S/C19H25NO/c1-5-10-21-19-9-7-6-8-18(19)20-13-17-12-15(3)14(2)11-16(17)4/h6-9,11-12,20H,5,10,13H2,1-4H3. The van der Waals surface area contributed by atoms with Gasteiger partial charge in [0, 0.05) is 6.54 Å². The van der Waals surface area contributed by atoms with Gasteiger partial charge in [-0.25, -0.2) is 0 Å². The third-order valence-electron chi connectivity index (χ3n) is 3.77. The van der Waals surface area contributed by atoms with Crippen molar-refractivity contribution >= 4 is 5.69 Å². The minimum absolute atomic E-state index is 0.751. The summed E-state index contributed by atoms with van der Waals surface area (Å²) in [4.78, 5) is 0. The van der Waals surface area contributed by atoms with Crippen LogP contribution in [0.15, 0.2) is 36.4 Å². The number of ether oxygens (including phenoxy) is 1. The van der Waals surface area contributed by atoms with E-state index in [9.17, 15) is 0 Å². The lowest BCUT2D eigenvalue weighted by Gasteiger charge is -2.15. The van der Waals surface area contributed by atoms with Crippen molar-refractivity contribution < 1.29 is 4.74 Å². The zero-order chi connectivity index (χ0) is 15.2. The average Bonchev–Trinajstić information content (AvgIpc) is 2.48. The molecule has 0 spiro atoms. The molecule has 0 aliphatic carbocycles. The Morgan fingerprint density at radius 3 is 2.43 bits per heavy atom. The van der Waals surface area contributed by atoms with Gasteiger partial charge in [-0.15, -0.1) is 0 Å². The Kier molecular flexibility index (Phi) is 5.26. The molecule has 0 aliphatic rings. The third-order valence-corrected chi connectivity index (χ3v) is 3.77. The monoisotopic (exact) mass is 283 g/mol. The number of hydrogen-bond donors (Lipinski definition) is 1. The first-order valence-corrected chi connectivity index (χ1v) is 7.64. The van der Waals surface area contributed by atoms with Crippen LogP contribution in [0.5, 0.6) is 5.75 Å². The van der Waals surface area contributed by atoms with Gasteiger partial charge in [0.15, 0.2) is 0 Å². The zero-order valence-corrected chi connectivity index (χ0v) is 13.5. The van der Waals surface area contributed by atoms with Crippen LogP contribution in [0.25, 0.3) is 0 Å². The predicted octanol–water partition coefficient (Wildman–Crippen LogP) is 5.01. The fourth-order valence-electron chi connectivity index (χ4n) is 2.35. The highest BCUT2D eigenvalue weighted by atomic mass is 16.5. The van der Waals surface area contributed by atoms with Crippen molar-refractivity contribution in [1.82, 2.24) is 0 Å². The molecule has 0 radical (unpaired) electrons. The number of aryl methyl sites for hydroxylation is 3. The van der Waals surface area contributed by atoms with E-state index in [2.05, 4.69) is 51.2 Å². The van der Waals surface area contributed by atoms with Gasteiger partial charge >= 0.3 is 0 Å². The Labute approximate surface area is 128 Å². The van der Waals surface area contributed by atoms with Gasteiger partial charge in [0.25, 0.3) is 0 Å². The maximum absolute atomic E-state index is 5.79. The molecular formula is C19H25NO. The summed E-state index contributed by atoms with van der Waals surface area (Å²) < 4.78 is 5.79. The van der Waals surface area contributed by atoms with Crippen LogP contribution in [0.4, 0.5) is 5.69 Å². The van der Waals surface area contributed by atoms with Crippen LogP contribution >= 0.6 is 0 Å². The first kappa shape index (κ1) is 15.4. The van der Waals surface area contributed by atoms with Crippen molar-refractivity contribution in [3.05, 3.63) is 58.7 Å². The molecule has 0 aromatic heterocycles. The highest BCUT2D eigenvalue weighted by Crippen LogP contribution is 2.25. The summed E-state index contributed by atoms with van der Waals surface area (Å²) in [5.41, 5.74) is 6.42. The van der Waals surface area contributed by atoms with Gasteiger partial charge in [0.05, 0.1) is 12.3 Å². The van der Waals surface area contributed by atoms with E-state index >= 15 is 0 Å². The molecule has 112 valence electrons. The van der Waals surface area contributed by atoms with Crippen LogP contribution in [0, 0.1) is 20.8 Å². The zero-order valence-electron chi connectivity index (χ0n) is 13.5. The SMILES string of the molecule is CCCOc1ccccc1NCc1cc(C)c(C)cc1C. The maximum atomic E-state index is 5.79. The van der Waals surface area contributed by atoms with Crippen LogP contribution in [0.1, 0.15) is 35.6 Å². The second kappa shape index (κ2) is 7.16. The summed E-state index contributed by atoms with van der Waals surface area (Å²) in [7, 11) is 0. The quantitative estimate of drug-likeness (QED) is 0.804. The molecule has 0 saturated heterocycles. The van der Waals surface area contributed by atoms with E-state index < -0.39 is 0 Å². The molecule has 0 amide bonds. The summed E-state index contributed by atoms with van der Waals surface area (Å²) in [5.74, 6) is 0.931. The van der Waals surface area contributed by atoms with Crippen LogP contribution in [-0.4, -0.2) is 6.61 Å². The van der Waals surface area contributed by atoms with E-state index in [0.29, 0.717) is 0 Å². The van der Waals surface area contributed by atoms with E-state index in [4.69, 9.17) is 4.74 Å². The molecule has 0 unspecified atom stereocenters. The Bertz CT molecular complexity index is 605. The van der Waals surface area contributed by atoms with Gasteiger partial charge in [-0.05, 0) is 61.6 Å². The first-order valence-electron chi connectivity index (χ1n) is 7.64. The van der Waals surface area contributed by atoms with Crippen molar-refractivity contribution in [2.45, 2.75) is 40.7 Å². The number of benzene rings is 2. The molecule has 1 N–H and O–H groups in total. The molecule has 2 nitrogen and oxygen atoms in total. The molecule has 0 aliphatic heterocycles. The average molecular weight is 283 g/mol. The lowest BCUT2D eigenvalue weighted by molar-refractivity contribution is 0.319. The number of hydrogen-bond acceptors (Lipinski definition) is 2. The number of para-hydroxylation sites is 2. The third kappa shape index (κ3) is 4.01. The summed E-state index contributed by atoms with van der Waals surface area (Å²) in [6.07, 6.45) is 1.02. The van der Waals surface area contributed by atoms with Gasteiger partial charge in [-0.2, -0.15) is 0 Å². The molecule has 2 heteroatoms. The summed E-state index contributed by atoms with van der Waals surface area (Å²) in [6, 6.07) is 12.7.